The number of H-pyrrole nitrogens is 1. The molecule has 8 heteroatoms. The van der Waals surface area contributed by atoms with Crippen LogP contribution >= 0.6 is 11.3 Å². The van der Waals surface area contributed by atoms with Gasteiger partial charge < -0.3 is 20.3 Å². The van der Waals surface area contributed by atoms with Gasteiger partial charge in [0.1, 0.15) is 15.5 Å². The number of aromatic carboxylic acids is 1. The molecule has 0 amide bonds. The molecule has 0 saturated heterocycles. The molecule has 32 heavy (non-hydrogen) atoms. The van der Waals surface area contributed by atoms with Crippen LogP contribution in [-0.4, -0.2) is 38.0 Å². The van der Waals surface area contributed by atoms with E-state index in [2.05, 4.69) is 4.98 Å². The van der Waals surface area contributed by atoms with Crippen LogP contribution in [0.15, 0.2) is 60.3 Å². The molecule has 2 heterocycles. The van der Waals surface area contributed by atoms with Crippen LogP contribution in [0.5, 0.6) is 5.75 Å². The first-order valence-corrected chi connectivity index (χ1v) is 10.3. The summed E-state index contributed by atoms with van der Waals surface area (Å²) in [6.07, 6.45) is 2.97. The smallest absolute Gasteiger partial charge is 0.346 e. The molecular weight excluding hydrogens is 430 g/mol. The van der Waals surface area contributed by atoms with E-state index in [0.717, 1.165) is 11.3 Å². The Morgan fingerprint density at radius 1 is 0.969 bits per heavy atom. The minimum absolute atomic E-state index is 0.0789. The lowest BCUT2D eigenvalue weighted by molar-refractivity contribution is -0.132. The van der Waals surface area contributed by atoms with Gasteiger partial charge in [-0.3, -0.25) is 4.79 Å². The number of fused-ring (bicyclic) bond motifs is 1. The Hall–Kier alpha value is -4.17. The summed E-state index contributed by atoms with van der Waals surface area (Å²) in [7, 11) is 0. The molecular formula is C24H17NO6S. The number of carbonyl (C=O) groups excluding carboxylic acids is 1. The molecule has 0 unspecified atom stereocenters. The topological polar surface area (TPSA) is 128 Å². The molecule has 2 aromatic carbocycles. The van der Waals surface area contributed by atoms with Crippen LogP contribution < -0.4 is 0 Å². The SMILES string of the molecule is CC(=Cc1cccc2c(C(=O)c3sc(C(=O)O)c(-c4ccccc4)c3O)c[nH]c12)C(=O)O. The maximum atomic E-state index is 13.3. The van der Waals surface area contributed by atoms with Crippen LogP contribution in [0.1, 0.15) is 37.4 Å². The number of hydrogen-bond acceptors (Lipinski definition) is 5. The number of nitrogens with one attached hydrogen (secondary N) is 1. The average Bonchev–Trinajstić information content (AvgIpc) is 3.36. The molecule has 4 aromatic rings. The van der Waals surface area contributed by atoms with Gasteiger partial charge in [-0.1, -0.05) is 48.5 Å². The first-order chi connectivity index (χ1) is 15.3. The third-order valence-corrected chi connectivity index (χ3v) is 6.21. The molecule has 0 fully saturated rings. The first kappa shape index (κ1) is 21.1. The fourth-order valence-corrected chi connectivity index (χ4v) is 4.51. The van der Waals surface area contributed by atoms with Gasteiger partial charge in [-0.15, -0.1) is 11.3 Å². The van der Waals surface area contributed by atoms with Crippen molar-refractivity contribution in [3.05, 3.63) is 81.2 Å². The molecule has 160 valence electrons. The Labute approximate surface area is 185 Å². The number of benzene rings is 2. The van der Waals surface area contributed by atoms with Crippen molar-refractivity contribution >= 4 is 46.0 Å². The van der Waals surface area contributed by atoms with Crippen molar-refractivity contribution in [3.63, 3.8) is 0 Å². The van der Waals surface area contributed by atoms with Gasteiger partial charge in [0.2, 0.25) is 5.78 Å². The van der Waals surface area contributed by atoms with E-state index in [1.165, 1.54) is 19.2 Å². The van der Waals surface area contributed by atoms with Gasteiger partial charge in [-0.2, -0.15) is 0 Å². The van der Waals surface area contributed by atoms with Crippen LogP contribution in [0.3, 0.4) is 0 Å². The monoisotopic (exact) mass is 447 g/mol. The number of para-hydroxylation sites is 1. The highest BCUT2D eigenvalue weighted by molar-refractivity contribution is 7.17. The van der Waals surface area contributed by atoms with Crippen LogP contribution in [0.4, 0.5) is 0 Å². The quantitative estimate of drug-likeness (QED) is 0.243. The normalized spacial score (nSPS) is 11.6. The number of rotatable bonds is 6. The molecule has 0 spiro atoms. The van der Waals surface area contributed by atoms with Gasteiger partial charge in [0.05, 0.1) is 5.52 Å². The van der Waals surface area contributed by atoms with Crippen molar-refractivity contribution in [1.82, 2.24) is 4.98 Å². The zero-order valence-corrected chi connectivity index (χ0v) is 17.6. The fourth-order valence-electron chi connectivity index (χ4n) is 3.50. The third kappa shape index (κ3) is 3.57. The first-order valence-electron chi connectivity index (χ1n) is 9.50. The van der Waals surface area contributed by atoms with Crippen LogP contribution in [0.25, 0.3) is 28.1 Å². The van der Waals surface area contributed by atoms with Gasteiger partial charge in [0.25, 0.3) is 0 Å². The lowest BCUT2D eigenvalue weighted by atomic mass is 10.0. The number of hydrogen-bond donors (Lipinski definition) is 4. The van der Waals surface area contributed by atoms with Gasteiger partial charge >= 0.3 is 11.9 Å². The molecule has 4 N–H and O–H groups in total. The second-order valence-electron chi connectivity index (χ2n) is 7.09. The fraction of sp³-hybridized carbons (Fsp3) is 0.0417. The predicted octanol–water partition coefficient (Wildman–Crippen LogP) is 5.02. The highest BCUT2D eigenvalue weighted by Gasteiger charge is 2.28. The zero-order chi connectivity index (χ0) is 23.0. The number of aromatic hydroxyl groups is 1. The summed E-state index contributed by atoms with van der Waals surface area (Å²) in [6.45, 7) is 1.47. The van der Waals surface area contributed by atoms with Crippen molar-refractivity contribution in [2.45, 2.75) is 6.92 Å². The maximum absolute atomic E-state index is 13.3. The highest BCUT2D eigenvalue weighted by atomic mass is 32.1. The van der Waals surface area contributed by atoms with Gasteiger partial charge in [-0.25, -0.2) is 9.59 Å². The van der Waals surface area contributed by atoms with Gasteiger partial charge in [-0.05, 0) is 24.1 Å². The number of carboxylic acid groups (broad SMARTS) is 2. The molecule has 0 aliphatic heterocycles. The van der Waals surface area contributed by atoms with Gasteiger partial charge in [0, 0.05) is 28.3 Å². The number of aromatic amines is 1. The van der Waals surface area contributed by atoms with E-state index in [9.17, 15) is 24.6 Å². The van der Waals surface area contributed by atoms with Crippen molar-refractivity contribution in [2.24, 2.45) is 0 Å². The molecule has 0 aliphatic carbocycles. The van der Waals surface area contributed by atoms with Crippen molar-refractivity contribution < 1.29 is 29.7 Å². The summed E-state index contributed by atoms with van der Waals surface area (Å²) in [6, 6.07) is 13.6. The molecule has 4 rings (SSSR count). The summed E-state index contributed by atoms with van der Waals surface area (Å²) >= 11 is 0.720. The molecule has 0 aliphatic rings. The lowest BCUT2D eigenvalue weighted by Crippen LogP contribution is -1.98. The summed E-state index contributed by atoms with van der Waals surface area (Å²) in [5, 5.41) is 30.2. The summed E-state index contributed by atoms with van der Waals surface area (Å²) < 4.78 is 0. The summed E-state index contributed by atoms with van der Waals surface area (Å²) in [4.78, 5) is 39.1. The Morgan fingerprint density at radius 2 is 1.69 bits per heavy atom. The highest BCUT2D eigenvalue weighted by Crippen LogP contribution is 2.43. The molecule has 2 aromatic heterocycles. The number of thiophene rings is 1. The Morgan fingerprint density at radius 3 is 2.34 bits per heavy atom. The molecule has 0 saturated carbocycles. The average molecular weight is 447 g/mol. The minimum atomic E-state index is -1.24. The second kappa shape index (κ2) is 8.16. The Balaban J connectivity index is 1.85. The van der Waals surface area contributed by atoms with Gasteiger partial charge in [0.15, 0.2) is 0 Å². The Kier molecular flexibility index (Phi) is 5.38. The molecule has 7 nitrogen and oxygen atoms in total. The standard InChI is InChI=1S/C24H17NO6S/c1-12(23(28)29)10-14-8-5-9-15-16(11-25-18(14)15)19(26)22-20(27)17(21(32-22)24(30)31)13-6-3-2-4-7-13/h2-11,25,27H,1H3,(H,28,29)(H,30,31). The zero-order valence-electron chi connectivity index (χ0n) is 16.7. The van der Waals surface area contributed by atoms with Crippen molar-refractivity contribution in [1.29, 1.82) is 0 Å². The maximum Gasteiger partial charge on any atom is 0.346 e. The largest absolute Gasteiger partial charge is 0.506 e. The van der Waals surface area contributed by atoms with Crippen molar-refractivity contribution in [2.75, 3.05) is 0 Å². The molecule has 0 atom stereocenters. The van der Waals surface area contributed by atoms with Crippen molar-refractivity contribution in [3.8, 4) is 16.9 Å². The van der Waals surface area contributed by atoms with Crippen LogP contribution in [0, 0.1) is 0 Å². The van der Waals surface area contributed by atoms with E-state index in [1.54, 1.807) is 48.5 Å². The van der Waals surface area contributed by atoms with Crippen LogP contribution in [0.2, 0.25) is 0 Å². The van der Waals surface area contributed by atoms with E-state index < -0.39 is 17.7 Å². The lowest BCUT2D eigenvalue weighted by Gasteiger charge is -2.03. The summed E-state index contributed by atoms with van der Waals surface area (Å²) in [5.41, 5.74) is 2.13. The molecule has 0 bridgehead atoms. The number of carbonyl (C=O) groups is 3. The van der Waals surface area contributed by atoms with E-state index in [0.29, 0.717) is 22.0 Å². The summed E-state index contributed by atoms with van der Waals surface area (Å²) in [5.74, 6) is -3.20. The van der Waals surface area contributed by atoms with E-state index in [1.807, 2.05) is 0 Å². The predicted molar refractivity (Wildman–Crippen MR) is 121 cm³/mol. The Bertz CT molecular complexity index is 1410. The van der Waals surface area contributed by atoms with Crippen LogP contribution in [-0.2, 0) is 4.79 Å². The second-order valence-corrected chi connectivity index (χ2v) is 8.11. The van der Waals surface area contributed by atoms with E-state index in [4.69, 9.17) is 5.11 Å². The number of carboxylic acids is 2. The number of aromatic nitrogens is 1. The third-order valence-electron chi connectivity index (χ3n) is 5.05. The number of aliphatic carboxylic acids is 1. The molecule has 0 radical (unpaired) electrons. The van der Waals surface area contributed by atoms with E-state index in [-0.39, 0.29) is 32.2 Å². The van der Waals surface area contributed by atoms with E-state index >= 15 is 0 Å². The number of ketones is 1. The minimum Gasteiger partial charge on any atom is -0.506 e.